The lowest BCUT2D eigenvalue weighted by Gasteiger charge is -2.22. The van der Waals surface area contributed by atoms with Gasteiger partial charge in [0.2, 0.25) is 0 Å². The molecular weight excluding hydrogens is 276 g/mol. The molecule has 1 aromatic carbocycles. The van der Waals surface area contributed by atoms with Gasteiger partial charge in [-0.1, -0.05) is 12.1 Å². The van der Waals surface area contributed by atoms with Crippen LogP contribution in [0.2, 0.25) is 0 Å². The number of benzene rings is 1. The van der Waals surface area contributed by atoms with Gasteiger partial charge in [-0.3, -0.25) is 4.90 Å². The molecule has 5 nitrogen and oxygen atoms in total. The van der Waals surface area contributed by atoms with Gasteiger partial charge >= 0.3 is 12.0 Å². The number of nitrogens with zero attached hydrogens (tertiary/aromatic N) is 2. The summed E-state index contributed by atoms with van der Waals surface area (Å²) in [5.74, 6) is -0.930. The zero-order valence-electron chi connectivity index (χ0n) is 10.7. The van der Waals surface area contributed by atoms with Gasteiger partial charge in [0, 0.05) is 0 Å². The van der Waals surface area contributed by atoms with Gasteiger partial charge in [0.15, 0.2) is 5.58 Å². The molecule has 0 spiro atoms. The zero-order chi connectivity index (χ0) is 14.1. The highest BCUT2D eigenvalue weighted by atomic mass is 32.1. The minimum absolute atomic E-state index is 0.295. The normalized spacial score (nSPS) is 12.4. The lowest BCUT2D eigenvalue weighted by atomic mass is 10.3. The van der Waals surface area contributed by atoms with Crippen molar-refractivity contribution in [1.82, 2.24) is 4.98 Å². The van der Waals surface area contributed by atoms with Crippen LogP contribution in [-0.2, 0) is 4.79 Å². The van der Waals surface area contributed by atoms with E-state index in [1.807, 2.05) is 41.8 Å². The van der Waals surface area contributed by atoms with Crippen LogP contribution in [0.25, 0.3) is 11.1 Å². The van der Waals surface area contributed by atoms with Crippen LogP contribution in [-0.4, -0.2) is 22.1 Å². The summed E-state index contributed by atoms with van der Waals surface area (Å²) in [5, 5.41) is 12.0. The molecule has 0 aliphatic carbocycles. The van der Waals surface area contributed by atoms with Crippen molar-refractivity contribution in [2.75, 3.05) is 4.90 Å². The number of carboxylic acid groups (broad SMARTS) is 1. The molecule has 102 valence electrons. The molecule has 2 aromatic heterocycles. The maximum atomic E-state index is 11.3. The van der Waals surface area contributed by atoms with Crippen molar-refractivity contribution in [3.8, 4) is 0 Å². The number of aliphatic carboxylic acids is 1. The van der Waals surface area contributed by atoms with Crippen molar-refractivity contribution in [1.29, 1.82) is 0 Å². The Hall–Kier alpha value is -2.34. The van der Waals surface area contributed by atoms with Crippen molar-refractivity contribution in [3.63, 3.8) is 0 Å². The van der Waals surface area contributed by atoms with Crippen LogP contribution in [0.15, 0.2) is 46.2 Å². The van der Waals surface area contributed by atoms with Gasteiger partial charge in [0.25, 0.3) is 0 Å². The summed E-state index contributed by atoms with van der Waals surface area (Å²) in [4.78, 5) is 17.3. The van der Waals surface area contributed by atoms with Gasteiger partial charge in [-0.2, -0.15) is 4.98 Å². The molecule has 0 unspecified atom stereocenters. The van der Waals surface area contributed by atoms with Crippen molar-refractivity contribution in [2.24, 2.45) is 0 Å². The van der Waals surface area contributed by atoms with Crippen molar-refractivity contribution in [3.05, 3.63) is 41.8 Å². The summed E-state index contributed by atoms with van der Waals surface area (Å²) in [6.45, 7) is 1.61. The molecule has 3 aromatic rings. The Kier molecular flexibility index (Phi) is 3.15. The van der Waals surface area contributed by atoms with Gasteiger partial charge in [-0.25, -0.2) is 4.79 Å². The van der Waals surface area contributed by atoms with E-state index in [9.17, 15) is 9.90 Å². The first-order valence-electron chi connectivity index (χ1n) is 6.08. The van der Waals surface area contributed by atoms with E-state index in [-0.39, 0.29) is 0 Å². The summed E-state index contributed by atoms with van der Waals surface area (Å²) >= 11 is 1.44. The Labute approximate surface area is 119 Å². The van der Waals surface area contributed by atoms with Gasteiger partial charge in [0.1, 0.15) is 11.6 Å². The average Bonchev–Trinajstić information content (AvgIpc) is 3.07. The molecule has 2 heterocycles. The number of hydrogen-bond acceptors (Lipinski definition) is 5. The molecule has 6 heteroatoms. The quantitative estimate of drug-likeness (QED) is 0.796. The molecule has 1 N–H and O–H groups in total. The third-order valence-corrected chi connectivity index (χ3v) is 3.84. The number of thiophene rings is 1. The van der Waals surface area contributed by atoms with E-state index in [2.05, 4.69) is 4.98 Å². The monoisotopic (exact) mass is 288 g/mol. The van der Waals surface area contributed by atoms with Gasteiger partial charge < -0.3 is 9.52 Å². The molecule has 0 radical (unpaired) electrons. The minimum Gasteiger partial charge on any atom is -0.480 e. The Bertz CT molecular complexity index is 703. The zero-order valence-corrected chi connectivity index (χ0v) is 11.5. The number of rotatable bonds is 4. The maximum Gasteiger partial charge on any atom is 0.326 e. The van der Waals surface area contributed by atoms with Crippen LogP contribution in [0.1, 0.15) is 6.92 Å². The smallest absolute Gasteiger partial charge is 0.326 e. The highest BCUT2D eigenvalue weighted by Gasteiger charge is 2.27. The lowest BCUT2D eigenvalue weighted by Crippen LogP contribution is -2.35. The molecule has 0 bridgehead atoms. The largest absolute Gasteiger partial charge is 0.480 e. The predicted molar refractivity (Wildman–Crippen MR) is 77.6 cm³/mol. The first-order valence-corrected chi connectivity index (χ1v) is 6.96. The topological polar surface area (TPSA) is 66.6 Å². The van der Waals surface area contributed by atoms with E-state index in [0.717, 1.165) is 5.00 Å². The molecule has 0 saturated carbocycles. The predicted octanol–water partition coefficient (Wildman–Crippen LogP) is 3.50. The number of fused-ring (bicyclic) bond motifs is 1. The van der Waals surface area contributed by atoms with E-state index >= 15 is 0 Å². The van der Waals surface area contributed by atoms with Crippen LogP contribution in [0.3, 0.4) is 0 Å². The average molecular weight is 288 g/mol. The second kappa shape index (κ2) is 4.97. The molecule has 3 rings (SSSR count). The fourth-order valence-electron chi connectivity index (χ4n) is 1.93. The van der Waals surface area contributed by atoms with Crippen molar-refractivity contribution in [2.45, 2.75) is 13.0 Å². The summed E-state index contributed by atoms with van der Waals surface area (Å²) in [6.07, 6.45) is 0. The summed E-state index contributed by atoms with van der Waals surface area (Å²) in [7, 11) is 0. The molecule has 1 atom stereocenters. The molecule has 0 fully saturated rings. The Morgan fingerprint density at radius 3 is 2.80 bits per heavy atom. The number of para-hydroxylation sites is 2. The lowest BCUT2D eigenvalue weighted by molar-refractivity contribution is -0.138. The van der Waals surface area contributed by atoms with Crippen molar-refractivity contribution >= 4 is 39.4 Å². The van der Waals surface area contributed by atoms with E-state index < -0.39 is 12.0 Å². The summed E-state index contributed by atoms with van der Waals surface area (Å²) in [5.41, 5.74) is 1.35. The Morgan fingerprint density at radius 2 is 2.15 bits per heavy atom. The third kappa shape index (κ3) is 2.14. The minimum atomic E-state index is -0.930. The number of anilines is 2. The van der Waals surface area contributed by atoms with Crippen LogP contribution in [0.4, 0.5) is 11.0 Å². The van der Waals surface area contributed by atoms with Crippen LogP contribution in [0, 0.1) is 0 Å². The Morgan fingerprint density at radius 1 is 1.35 bits per heavy atom. The molecule has 0 aliphatic rings. The van der Waals surface area contributed by atoms with Crippen LogP contribution >= 0.6 is 11.3 Å². The molecule has 20 heavy (non-hydrogen) atoms. The van der Waals surface area contributed by atoms with Gasteiger partial charge in [-0.05, 0) is 36.6 Å². The highest BCUT2D eigenvalue weighted by Crippen LogP contribution is 2.33. The number of carbonyl (C=O) groups is 1. The van der Waals surface area contributed by atoms with E-state index in [0.29, 0.717) is 17.1 Å². The Balaban J connectivity index is 2.11. The number of carboxylic acids is 1. The maximum absolute atomic E-state index is 11.3. The van der Waals surface area contributed by atoms with Gasteiger partial charge in [0.05, 0.1) is 5.00 Å². The number of hydrogen-bond donors (Lipinski definition) is 1. The number of aromatic nitrogens is 1. The summed E-state index contributed by atoms with van der Waals surface area (Å²) in [6, 6.07) is 10.6. The summed E-state index contributed by atoms with van der Waals surface area (Å²) < 4.78 is 5.68. The second-order valence-corrected chi connectivity index (χ2v) is 5.23. The SMILES string of the molecule is C[C@@H](C(=O)O)N(c1nc2ccccc2o1)c1cccs1. The fraction of sp³-hybridized carbons (Fsp3) is 0.143. The second-order valence-electron chi connectivity index (χ2n) is 4.30. The first-order chi connectivity index (χ1) is 9.66. The molecule has 0 saturated heterocycles. The van der Waals surface area contributed by atoms with E-state index in [4.69, 9.17) is 4.42 Å². The molecular formula is C14H12N2O3S. The van der Waals surface area contributed by atoms with Crippen LogP contribution < -0.4 is 4.90 Å². The number of oxazole rings is 1. The van der Waals surface area contributed by atoms with E-state index in [1.54, 1.807) is 11.8 Å². The molecule has 0 aliphatic heterocycles. The standard InChI is InChI=1S/C14H12N2O3S/c1-9(13(17)18)16(12-7-4-8-20-12)14-15-10-5-2-3-6-11(10)19-14/h2-9H,1H3,(H,17,18)/t9-/m0/s1. The van der Waals surface area contributed by atoms with Crippen LogP contribution in [0.5, 0.6) is 0 Å². The highest BCUT2D eigenvalue weighted by molar-refractivity contribution is 7.14. The van der Waals surface area contributed by atoms with E-state index in [1.165, 1.54) is 11.3 Å². The molecule has 0 amide bonds. The first kappa shape index (κ1) is 12.7. The van der Waals surface area contributed by atoms with Crippen molar-refractivity contribution < 1.29 is 14.3 Å². The van der Waals surface area contributed by atoms with Gasteiger partial charge in [-0.15, -0.1) is 11.3 Å². The fourth-order valence-corrected chi connectivity index (χ4v) is 2.73. The third-order valence-electron chi connectivity index (χ3n) is 2.98.